The molecule has 3 aromatic carbocycles. The summed E-state index contributed by atoms with van der Waals surface area (Å²) in [7, 11) is 0. The first-order chi connectivity index (χ1) is 15.6. The van der Waals surface area contributed by atoms with Gasteiger partial charge in [0.05, 0.1) is 11.4 Å². The van der Waals surface area contributed by atoms with Crippen molar-refractivity contribution in [3.8, 4) is 5.75 Å². The second-order valence-electron chi connectivity index (χ2n) is 6.83. The molecular weight excluding hydrogens is 472 g/mol. The Morgan fingerprint density at radius 2 is 1.38 bits per heavy atom. The standard InChI is InChI=1S/C25H19BrN2O4/c26-18-10-12-19(13-11-18)31-16-20-14-15-23(32-20)25(30)28-22-9-5-4-8-21(22)27-24(29)17-6-2-1-3-7-17/h1-15H,16H2,(H,27,29)(H,28,30). The number of carbonyl (C=O) groups is 2. The Hall–Kier alpha value is -3.84. The van der Waals surface area contributed by atoms with Gasteiger partial charge in [-0.3, -0.25) is 9.59 Å². The van der Waals surface area contributed by atoms with Crippen LogP contribution >= 0.6 is 15.9 Å². The Labute approximate surface area is 193 Å². The molecular formula is C25H19BrN2O4. The number of carbonyl (C=O) groups excluding carboxylic acids is 2. The molecule has 1 heterocycles. The Balaban J connectivity index is 1.40. The van der Waals surface area contributed by atoms with E-state index in [1.807, 2.05) is 30.3 Å². The van der Waals surface area contributed by atoms with Gasteiger partial charge in [-0.15, -0.1) is 0 Å². The molecule has 0 aliphatic carbocycles. The van der Waals surface area contributed by atoms with Crippen LogP contribution in [0, 0.1) is 0 Å². The molecule has 0 aliphatic rings. The van der Waals surface area contributed by atoms with Gasteiger partial charge in [-0.25, -0.2) is 0 Å². The second-order valence-corrected chi connectivity index (χ2v) is 7.74. The fourth-order valence-electron chi connectivity index (χ4n) is 2.93. The summed E-state index contributed by atoms with van der Waals surface area (Å²) in [5.74, 6) is 0.657. The minimum absolute atomic E-state index is 0.142. The lowest BCUT2D eigenvalue weighted by Crippen LogP contribution is -2.16. The fraction of sp³-hybridized carbons (Fsp3) is 0.0400. The maximum absolute atomic E-state index is 12.7. The van der Waals surface area contributed by atoms with Gasteiger partial charge >= 0.3 is 0 Å². The van der Waals surface area contributed by atoms with Gasteiger partial charge in [0, 0.05) is 10.0 Å². The minimum Gasteiger partial charge on any atom is -0.486 e. The highest BCUT2D eigenvalue weighted by atomic mass is 79.9. The monoisotopic (exact) mass is 490 g/mol. The molecule has 0 aliphatic heterocycles. The number of rotatable bonds is 7. The molecule has 2 amide bonds. The number of anilines is 2. The van der Waals surface area contributed by atoms with E-state index in [1.165, 1.54) is 0 Å². The highest BCUT2D eigenvalue weighted by Gasteiger charge is 2.15. The largest absolute Gasteiger partial charge is 0.486 e. The lowest BCUT2D eigenvalue weighted by atomic mass is 10.2. The van der Waals surface area contributed by atoms with E-state index < -0.39 is 5.91 Å². The van der Waals surface area contributed by atoms with Crippen molar-refractivity contribution in [1.82, 2.24) is 0 Å². The van der Waals surface area contributed by atoms with Crippen LogP contribution in [0.3, 0.4) is 0 Å². The maximum atomic E-state index is 12.7. The van der Waals surface area contributed by atoms with Crippen molar-refractivity contribution < 1.29 is 18.7 Å². The Bertz CT molecular complexity index is 1220. The number of amides is 2. The van der Waals surface area contributed by atoms with Gasteiger partial charge < -0.3 is 19.8 Å². The summed E-state index contributed by atoms with van der Waals surface area (Å²) in [5, 5.41) is 5.61. The van der Waals surface area contributed by atoms with Crippen LogP contribution in [-0.2, 0) is 6.61 Å². The van der Waals surface area contributed by atoms with Crippen molar-refractivity contribution in [3.05, 3.63) is 113 Å². The third-order valence-electron chi connectivity index (χ3n) is 4.54. The lowest BCUT2D eigenvalue weighted by molar-refractivity contribution is 0.0989. The summed E-state index contributed by atoms with van der Waals surface area (Å²) in [6.45, 7) is 0.193. The second kappa shape index (κ2) is 9.98. The number of hydrogen-bond acceptors (Lipinski definition) is 4. The zero-order valence-corrected chi connectivity index (χ0v) is 18.5. The van der Waals surface area contributed by atoms with Gasteiger partial charge in [-0.05, 0) is 60.7 Å². The van der Waals surface area contributed by atoms with Crippen LogP contribution in [-0.4, -0.2) is 11.8 Å². The molecule has 1 aromatic heterocycles. The highest BCUT2D eigenvalue weighted by Crippen LogP contribution is 2.23. The Kier molecular flexibility index (Phi) is 6.67. The van der Waals surface area contributed by atoms with Crippen molar-refractivity contribution >= 4 is 39.1 Å². The van der Waals surface area contributed by atoms with E-state index in [4.69, 9.17) is 9.15 Å². The molecule has 0 saturated heterocycles. The molecule has 0 saturated carbocycles. The zero-order valence-electron chi connectivity index (χ0n) is 16.9. The molecule has 6 nitrogen and oxygen atoms in total. The fourth-order valence-corrected chi connectivity index (χ4v) is 3.20. The van der Waals surface area contributed by atoms with Gasteiger partial charge in [0.15, 0.2) is 5.76 Å². The first-order valence-electron chi connectivity index (χ1n) is 9.82. The van der Waals surface area contributed by atoms with Crippen LogP contribution in [0.25, 0.3) is 0 Å². The Morgan fingerprint density at radius 3 is 2.06 bits per heavy atom. The molecule has 7 heteroatoms. The topological polar surface area (TPSA) is 80.6 Å². The lowest BCUT2D eigenvalue weighted by Gasteiger charge is -2.11. The van der Waals surface area contributed by atoms with E-state index in [0.717, 1.165) is 4.47 Å². The van der Waals surface area contributed by atoms with E-state index >= 15 is 0 Å². The summed E-state index contributed by atoms with van der Waals surface area (Å²) >= 11 is 3.38. The molecule has 4 rings (SSSR count). The van der Waals surface area contributed by atoms with Crippen LogP contribution in [0.15, 0.2) is 99.9 Å². The van der Waals surface area contributed by atoms with Gasteiger partial charge in [0.25, 0.3) is 11.8 Å². The number of para-hydroxylation sites is 2. The molecule has 32 heavy (non-hydrogen) atoms. The van der Waals surface area contributed by atoms with Crippen LogP contribution in [0.1, 0.15) is 26.7 Å². The third-order valence-corrected chi connectivity index (χ3v) is 5.07. The van der Waals surface area contributed by atoms with E-state index in [-0.39, 0.29) is 18.3 Å². The SMILES string of the molecule is O=C(Nc1ccccc1NC(=O)c1ccc(COc2ccc(Br)cc2)o1)c1ccccc1. The summed E-state index contributed by atoms with van der Waals surface area (Å²) in [5.41, 5.74) is 1.47. The molecule has 0 spiro atoms. The maximum Gasteiger partial charge on any atom is 0.291 e. The van der Waals surface area contributed by atoms with Crippen LogP contribution in [0.5, 0.6) is 5.75 Å². The number of furan rings is 1. The molecule has 2 N–H and O–H groups in total. The average Bonchev–Trinajstić information content (AvgIpc) is 3.30. The van der Waals surface area contributed by atoms with Crippen molar-refractivity contribution in [1.29, 1.82) is 0 Å². The molecule has 0 atom stereocenters. The molecule has 4 aromatic rings. The first-order valence-corrected chi connectivity index (χ1v) is 10.6. The van der Waals surface area contributed by atoms with Gasteiger partial charge in [0.1, 0.15) is 18.1 Å². The smallest absolute Gasteiger partial charge is 0.291 e. The zero-order chi connectivity index (χ0) is 22.3. The van der Waals surface area contributed by atoms with Gasteiger partial charge in [0.2, 0.25) is 0 Å². The van der Waals surface area contributed by atoms with Crippen molar-refractivity contribution in [2.45, 2.75) is 6.61 Å². The van der Waals surface area contributed by atoms with Crippen LogP contribution in [0.2, 0.25) is 0 Å². The van der Waals surface area contributed by atoms with Crippen LogP contribution < -0.4 is 15.4 Å². The molecule has 160 valence electrons. The van der Waals surface area contributed by atoms with Crippen LogP contribution in [0.4, 0.5) is 11.4 Å². The summed E-state index contributed by atoms with van der Waals surface area (Å²) in [4.78, 5) is 25.2. The van der Waals surface area contributed by atoms with E-state index in [0.29, 0.717) is 28.4 Å². The first kappa shape index (κ1) is 21.4. The normalized spacial score (nSPS) is 10.4. The molecule has 0 radical (unpaired) electrons. The summed E-state index contributed by atoms with van der Waals surface area (Å²) < 4.78 is 12.2. The van der Waals surface area contributed by atoms with Crippen molar-refractivity contribution in [2.24, 2.45) is 0 Å². The quantitative estimate of drug-likeness (QED) is 0.326. The number of benzene rings is 3. The number of nitrogens with one attached hydrogen (secondary N) is 2. The van der Waals surface area contributed by atoms with Crippen molar-refractivity contribution in [3.63, 3.8) is 0 Å². The summed E-state index contributed by atoms with van der Waals surface area (Å²) in [6.07, 6.45) is 0. The minimum atomic E-state index is -0.429. The number of hydrogen-bond donors (Lipinski definition) is 2. The average molecular weight is 491 g/mol. The molecule has 0 unspecified atom stereocenters. The summed E-state index contributed by atoms with van der Waals surface area (Å²) in [6, 6.07) is 26.5. The highest BCUT2D eigenvalue weighted by molar-refractivity contribution is 9.10. The van der Waals surface area contributed by atoms with Gasteiger partial charge in [-0.1, -0.05) is 46.3 Å². The third kappa shape index (κ3) is 5.44. The predicted octanol–water partition coefficient (Wildman–Crippen LogP) is 6.13. The molecule has 0 fully saturated rings. The van der Waals surface area contributed by atoms with Gasteiger partial charge in [-0.2, -0.15) is 0 Å². The Morgan fingerprint density at radius 1 is 0.750 bits per heavy atom. The van der Waals surface area contributed by atoms with Crippen molar-refractivity contribution in [2.75, 3.05) is 10.6 Å². The number of halogens is 1. The molecule has 0 bridgehead atoms. The van der Waals surface area contributed by atoms with E-state index in [9.17, 15) is 9.59 Å². The van der Waals surface area contributed by atoms with E-state index in [2.05, 4.69) is 26.6 Å². The predicted molar refractivity (Wildman–Crippen MR) is 126 cm³/mol. The number of ether oxygens (including phenoxy) is 1. The van der Waals surface area contributed by atoms with E-state index in [1.54, 1.807) is 60.7 Å².